The molecule has 1 atom stereocenters. The van der Waals surface area contributed by atoms with Gasteiger partial charge in [-0.25, -0.2) is 14.6 Å². The molecular weight excluding hydrogens is 330 g/mol. The van der Waals surface area contributed by atoms with Crippen LogP contribution in [0.5, 0.6) is 0 Å². The molecule has 1 fully saturated rings. The molecule has 0 saturated carbocycles. The quantitative estimate of drug-likeness (QED) is 0.676. The molecule has 26 heavy (non-hydrogen) atoms. The zero-order chi connectivity index (χ0) is 18.1. The van der Waals surface area contributed by atoms with Gasteiger partial charge in [-0.1, -0.05) is 48.0 Å². The molecule has 1 aliphatic rings. The van der Waals surface area contributed by atoms with E-state index in [4.69, 9.17) is 9.47 Å². The number of ether oxygens (including phenoxy) is 2. The topological polar surface area (TPSA) is 65.5 Å². The second-order valence-electron chi connectivity index (χ2n) is 6.29. The number of hydrogen-bond donors (Lipinski definition) is 0. The molecule has 1 aliphatic heterocycles. The zero-order valence-electron chi connectivity index (χ0n) is 14.3. The summed E-state index contributed by atoms with van der Waals surface area (Å²) in [4.78, 5) is 29.0. The minimum absolute atomic E-state index is 0.280. The molecule has 4 rings (SSSR count). The van der Waals surface area contributed by atoms with Crippen molar-refractivity contribution in [3.05, 3.63) is 65.7 Å². The molecule has 0 aliphatic carbocycles. The lowest BCUT2D eigenvalue weighted by molar-refractivity contribution is -0.145. The Morgan fingerprint density at radius 2 is 1.92 bits per heavy atom. The van der Waals surface area contributed by atoms with Gasteiger partial charge in [0.15, 0.2) is 0 Å². The first kappa shape index (κ1) is 16.3. The number of pyridine rings is 1. The van der Waals surface area contributed by atoms with Crippen LogP contribution in [0.4, 0.5) is 0 Å². The summed E-state index contributed by atoms with van der Waals surface area (Å²) >= 11 is 0. The Labute approximate surface area is 150 Å². The highest BCUT2D eigenvalue weighted by Gasteiger charge is 2.31. The van der Waals surface area contributed by atoms with Gasteiger partial charge in [-0.05, 0) is 19.1 Å². The van der Waals surface area contributed by atoms with Crippen LogP contribution in [-0.4, -0.2) is 29.6 Å². The van der Waals surface area contributed by atoms with Gasteiger partial charge in [0.25, 0.3) is 0 Å². The largest absolute Gasteiger partial charge is 0.463 e. The van der Waals surface area contributed by atoms with Crippen molar-refractivity contribution in [3.8, 4) is 11.3 Å². The first-order valence-corrected chi connectivity index (χ1v) is 8.46. The second kappa shape index (κ2) is 6.59. The van der Waals surface area contributed by atoms with Gasteiger partial charge in [-0.15, -0.1) is 0 Å². The number of aryl methyl sites for hydroxylation is 1. The Morgan fingerprint density at radius 1 is 1.15 bits per heavy atom. The number of aromatic nitrogens is 1. The normalized spacial score (nSPS) is 16.5. The van der Waals surface area contributed by atoms with Gasteiger partial charge >= 0.3 is 11.9 Å². The standard InChI is InChI=1S/C21H17NO4/c1-13-6-8-14(9-7-13)18-12-16(15-4-2-3-5-17(15)22-18)20(23)26-19-10-11-25-21(19)24/h2-9,12,19H,10-11H2,1H3. The van der Waals surface area contributed by atoms with E-state index >= 15 is 0 Å². The maximum absolute atomic E-state index is 12.7. The smallest absolute Gasteiger partial charge is 0.347 e. The molecule has 2 aromatic carbocycles. The van der Waals surface area contributed by atoms with E-state index in [1.54, 1.807) is 6.07 Å². The molecule has 1 unspecified atom stereocenters. The first-order valence-electron chi connectivity index (χ1n) is 8.46. The van der Waals surface area contributed by atoms with Gasteiger partial charge in [0.1, 0.15) is 0 Å². The van der Waals surface area contributed by atoms with Gasteiger partial charge in [-0.3, -0.25) is 0 Å². The van der Waals surface area contributed by atoms with Gasteiger partial charge in [0.2, 0.25) is 6.10 Å². The zero-order valence-corrected chi connectivity index (χ0v) is 14.3. The molecular formula is C21H17NO4. The van der Waals surface area contributed by atoms with Crippen molar-refractivity contribution in [1.29, 1.82) is 0 Å². The minimum atomic E-state index is -0.836. The number of benzene rings is 2. The predicted octanol–water partition coefficient (Wildman–Crippen LogP) is 3.68. The third-order valence-corrected chi connectivity index (χ3v) is 4.42. The molecule has 1 saturated heterocycles. The molecule has 0 N–H and O–H groups in total. The number of rotatable bonds is 3. The van der Waals surface area contributed by atoms with Crippen molar-refractivity contribution in [2.45, 2.75) is 19.4 Å². The van der Waals surface area contributed by atoms with E-state index in [0.717, 1.165) is 11.1 Å². The molecule has 5 heteroatoms. The molecule has 5 nitrogen and oxygen atoms in total. The van der Waals surface area contributed by atoms with E-state index in [0.29, 0.717) is 28.6 Å². The molecule has 130 valence electrons. The second-order valence-corrected chi connectivity index (χ2v) is 6.29. The van der Waals surface area contributed by atoms with Crippen LogP contribution in [0.3, 0.4) is 0 Å². The number of nitrogens with zero attached hydrogens (tertiary/aromatic N) is 1. The summed E-state index contributed by atoms with van der Waals surface area (Å²) in [6, 6.07) is 17.0. The lowest BCUT2D eigenvalue weighted by Gasteiger charge is -2.12. The number of hydrogen-bond acceptors (Lipinski definition) is 5. The van der Waals surface area contributed by atoms with Gasteiger partial charge < -0.3 is 9.47 Å². The number of cyclic esters (lactones) is 1. The molecule has 0 bridgehead atoms. The highest BCUT2D eigenvalue weighted by Crippen LogP contribution is 2.26. The van der Waals surface area contributed by atoms with Crippen LogP contribution in [-0.2, 0) is 14.3 Å². The predicted molar refractivity (Wildman–Crippen MR) is 96.7 cm³/mol. The van der Waals surface area contributed by atoms with Crippen LogP contribution in [0.25, 0.3) is 22.2 Å². The molecule has 0 spiro atoms. The van der Waals surface area contributed by atoms with E-state index < -0.39 is 18.0 Å². The first-order chi connectivity index (χ1) is 12.6. The van der Waals surface area contributed by atoms with Crippen molar-refractivity contribution in [1.82, 2.24) is 4.98 Å². The van der Waals surface area contributed by atoms with Crippen molar-refractivity contribution in [3.63, 3.8) is 0 Å². The maximum Gasteiger partial charge on any atom is 0.347 e. The molecule has 3 aromatic rings. The van der Waals surface area contributed by atoms with Gasteiger partial charge in [0, 0.05) is 17.4 Å². The van der Waals surface area contributed by atoms with Crippen LogP contribution in [0.2, 0.25) is 0 Å². The Morgan fingerprint density at radius 3 is 2.65 bits per heavy atom. The molecule has 0 radical (unpaired) electrons. The Kier molecular flexibility index (Phi) is 4.13. The monoisotopic (exact) mass is 347 g/mol. The van der Waals surface area contributed by atoms with E-state index in [1.807, 2.05) is 55.5 Å². The van der Waals surface area contributed by atoms with Crippen LogP contribution in [0, 0.1) is 6.92 Å². The van der Waals surface area contributed by atoms with E-state index in [2.05, 4.69) is 4.98 Å². The van der Waals surface area contributed by atoms with Crippen molar-refractivity contribution < 1.29 is 19.1 Å². The Hall–Kier alpha value is -3.21. The molecule has 1 aromatic heterocycles. The number of carbonyl (C=O) groups excluding carboxylic acids is 2. The number of para-hydroxylation sites is 1. The van der Waals surface area contributed by atoms with E-state index in [1.165, 1.54) is 0 Å². The average molecular weight is 347 g/mol. The van der Waals surface area contributed by atoms with Crippen LogP contribution < -0.4 is 0 Å². The van der Waals surface area contributed by atoms with Gasteiger partial charge in [-0.2, -0.15) is 0 Å². The summed E-state index contributed by atoms with van der Waals surface area (Å²) in [5, 5.41) is 0.694. The molecule has 2 heterocycles. The van der Waals surface area contributed by atoms with E-state index in [9.17, 15) is 9.59 Å². The van der Waals surface area contributed by atoms with Crippen LogP contribution in [0.15, 0.2) is 54.6 Å². The van der Waals surface area contributed by atoms with Gasteiger partial charge in [0.05, 0.1) is 23.4 Å². The summed E-state index contributed by atoms with van der Waals surface area (Å²) in [5.74, 6) is -1.03. The fraction of sp³-hybridized carbons (Fsp3) is 0.190. The summed E-state index contributed by atoms with van der Waals surface area (Å²) in [6.45, 7) is 2.30. The lowest BCUT2D eigenvalue weighted by Crippen LogP contribution is -2.23. The fourth-order valence-electron chi connectivity index (χ4n) is 2.99. The van der Waals surface area contributed by atoms with Crippen molar-refractivity contribution >= 4 is 22.8 Å². The minimum Gasteiger partial charge on any atom is -0.463 e. The van der Waals surface area contributed by atoms with E-state index in [-0.39, 0.29) is 6.61 Å². The van der Waals surface area contributed by atoms with Crippen LogP contribution in [0.1, 0.15) is 22.3 Å². The summed E-state index contributed by atoms with van der Waals surface area (Å²) < 4.78 is 10.3. The number of esters is 2. The van der Waals surface area contributed by atoms with Crippen molar-refractivity contribution in [2.75, 3.05) is 6.61 Å². The summed E-state index contributed by atoms with van der Waals surface area (Å²) in [7, 11) is 0. The SMILES string of the molecule is Cc1ccc(-c2cc(C(=O)OC3CCOC3=O)c3ccccc3n2)cc1. The maximum atomic E-state index is 12.7. The van der Waals surface area contributed by atoms with Crippen molar-refractivity contribution in [2.24, 2.45) is 0 Å². The third kappa shape index (κ3) is 3.04. The highest BCUT2D eigenvalue weighted by atomic mass is 16.6. The summed E-state index contributed by atoms with van der Waals surface area (Å²) in [5.41, 5.74) is 3.84. The summed E-state index contributed by atoms with van der Waals surface area (Å²) in [6.07, 6.45) is -0.449. The number of carbonyl (C=O) groups is 2. The third-order valence-electron chi connectivity index (χ3n) is 4.42. The average Bonchev–Trinajstić information content (AvgIpc) is 3.06. The Bertz CT molecular complexity index is 995. The number of fused-ring (bicyclic) bond motifs is 1. The lowest BCUT2D eigenvalue weighted by atomic mass is 10.0. The fourth-order valence-corrected chi connectivity index (χ4v) is 2.99. The Balaban J connectivity index is 1.78. The van der Waals surface area contributed by atoms with Crippen LogP contribution >= 0.6 is 0 Å². The highest BCUT2D eigenvalue weighted by molar-refractivity contribution is 6.05. The molecule has 0 amide bonds.